The first kappa shape index (κ1) is 25.0. The molecule has 6 nitrogen and oxygen atoms in total. The van der Waals surface area contributed by atoms with E-state index in [9.17, 15) is 15.0 Å². The molecule has 0 bridgehead atoms. The molecule has 188 valence electrons. The van der Waals surface area contributed by atoms with Crippen LogP contribution < -0.4 is 10.1 Å². The number of aromatic carboxylic acids is 1. The topological polar surface area (TPSA) is 91.7 Å². The van der Waals surface area contributed by atoms with Gasteiger partial charge in [0.15, 0.2) is 0 Å². The number of nitrogens with one attached hydrogen (secondary N) is 1. The normalized spacial score (nSPS) is 15.6. The zero-order chi connectivity index (χ0) is 25.8. The number of aromatic nitrogens is 1. The van der Waals surface area contributed by atoms with Crippen LogP contribution in [-0.2, 0) is 12.8 Å². The Hall–Kier alpha value is -3.71. The molecule has 1 aliphatic rings. The second kappa shape index (κ2) is 11.1. The molecule has 0 unspecified atom stereocenters. The van der Waals surface area contributed by atoms with E-state index in [1.807, 2.05) is 30.3 Å². The lowest BCUT2D eigenvalue weighted by molar-refractivity contribution is 0.0697. The molecule has 0 saturated carbocycles. The van der Waals surface area contributed by atoms with Crippen molar-refractivity contribution >= 4 is 17.6 Å². The smallest absolute Gasteiger partial charge is 0.335 e. The van der Waals surface area contributed by atoms with Crippen LogP contribution in [-0.4, -0.2) is 33.8 Å². The largest absolute Gasteiger partial charge is 0.478 e. The summed E-state index contributed by atoms with van der Waals surface area (Å²) in [7, 11) is 0. The highest BCUT2D eigenvalue weighted by Crippen LogP contribution is 2.29. The van der Waals surface area contributed by atoms with Gasteiger partial charge in [-0.3, -0.25) is 0 Å². The average Bonchev–Trinajstić information content (AvgIpc) is 2.92. The Bertz CT molecular complexity index is 1410. The predicted octanol–water partition coefficient (Wildman–Crippen LogP) is 6.07. The van der Waals surface area contributed by atoms with Crippen molar-refractivity contribution in [2.75, 3.05) is 6.54 Å². The molecule has 0 spiro atoms. The Morgan fingerprint density at radius 2 is 1.89 bits per heavy atom. The van der Waals surface area contributed by atoms with Crippen LogP contribution in [0.4, 0.5) is 0 Å². The summed E-state index contributed by atoms with van der Waals surface area (Å²) in [5, 5.41) is 23.9. The highest BCUT2D eigenvalue weighted by molar-refractivity contribution is 6.30. The highest BCUT2D eigenvalue weighted by Gasteiger charge is 2.20. The molecule has 2 atom stereocenters. The van der Waals surface area contributed by atoms with E-state index in [0.29, 0.717) is 23.2 Å². The molecule has 3 aromatic carbocycles. The van der Waals surface area contributed by atoms with Gasteiger partial charge in [-0.05, 0) is 84.0 Å². The minimum absolute atomic E-state index is 0.235. The number of aliphatic hydroxyl groups excluding tert-OH is 1. The van der Waals surface area contributed by atoms with E-state index < -0.39 is 12.1 Å². The third-order valence-corrected chi connectivity index (χ3v) is 6.88. The first-order valence-corrected chi connectivity index (χ1v) is 12.6. The molecule has 37 heavy (non-hydrogen) atoms. The van der Waals surface area contributed by atoms with Gasteiger partial charge in [0.25, 0.3) is 0 Å². The quantitative estimate of drug-likeness (QED) is 0.264. The van der Waals surface area contributed by atoms with Crippen LogP contribution in [0.15, 0.2) is 85.1 Å². The zero-order valence-corrected chi connectivity index (χ0v) is 20.9. The van der Waals surface area contributed by atoms with Crippen molar-refractivity contribution in [2.45, 2.75) is 31.4 Å². The molecule has 3 N–H and O–H groups in total. The minimum atomic E-state index is -0.961. The average molecular weight is 515 g/mol. The van der Waals surface area contributed by atoms with Crippen LogP contribution >= 0.6 is 11.6 Å². The van der Waals surface area contributed by atoms with Gasteiger partial charge >= 0.3 is 5.97 Å². The molecule has 1 aromatic heterocycles. The van der Waals surface area contributed by atoms with Crippen LogP contribution in [0, 0.1) is 0 Å². The third kappa shape index (κ3) is 6.17. The maximum Gasteiger partial charge on any atom is 0.335 e. The van der Waals surface area contributed by atoms with Gasteiger partial charge < -0.3 is 20.3 Å². The molecule has 0 fully saturated rings. The van der Waals surface area contributed by atoms with Crippen LogP contribution in [0.3, 0.4) is 0 Å². The van der Waals surface area contributed by atoms with E-state index in [-0.39, 0.29) is 11.6 Å². The van der Waals surface area contributed by atoms with Gasteiger partial charge in [-0.25, -0.2) is 9.78 Å². The van der Waals surface area contributed by atoms with Gasteiger partial charge in [0.2, 0.25) is 5.88 Å². The lowest BCUT2D eigenvalue weighted by atomic mass is 9.88. The maximum absolute atomic E-state index is 11.2. The fraction of sp³-hybridized carbons (Fsp3) is 0.200. The third-order valence-electron chi connectivity index (χ3n) is 6.64. The van der Waals surface area contributed by atoms with Crippen LogP contribution in [0.2, 0.25) is 5.02 Å². The minimum Gasteiger partial charge on any atom is -0.478 e. The number of carboxylic acids is 1. The Balaban J connectivity index is 1.21. The number of carbonyl (C=O) groups is 1. The maximum atomic E-state index is 11.2. The number of carboxylic acid groups (broad SMARTS) is 1. The van der Waals surface area contributed by atoms with Crippen LogP contribution in [0.5, 0.6) is 11.6 Å². The zero-order valence-electron chi connectivity index (χ0n) is 20.1. The molecule has 1 aliphatic carbocycles. The number of halogens is 1. The number of benzene rings is 3. The first-order valence-electron chi connectivity index (χ1n) is 12.2. The monoisotopic (exact) mass is 514 g/mol. The summed E-state index contributed by atoms with van der Waals surface area (Å²) in [6.07, 6.45) is 3.88. The lowest BCUT2D eigenvalue weighted by Crippen LogP contribution is -2.37. The molecule has 0 amide bonds. The second-order valence-electron chi connectivity index (χ2n) is 9.22. The molecular formula is C30H27ClN2O4. The summed E-state index contributed by atoms with van der Waals surface area (Å²) >= 11 is 6.05. The van der Waals surface area contributed by atoms with E-state index in [0.717, 1.165) is 36.0 Å². The van der Waals surface area contributed by atoms with Crippen molar-refractivity contribution in [3.8, 4) is 22.8 Å². The molecule has 0 aliphatic heterocycles. The van der Waals surface area contributed by atoms with E-state index in [1.165, 1.54) is 11.1 Å². The summed E-state index contributed by atoms with van der Waals surface area (Å²) < 4.78 is 6.02. The molecule has 0 saturated heterocycles. The molecule has 4 aromatic rings. The standard InChI is InChI=1S/C30H27ClN2O4/c31-25-6-2-4-21(14-25)28(34)18-32-26-10-7-19-8-11-27(16-24(19)15-26)37-29-12-9-23(17-33-29)20-3-1-5-22(13-20)30(35)36/h1-6,8-9,11-14,16-17,26,28,32,34H,7,10,15,18H2,(H,35,36)/t26-,28-/m0/s1. The number of hydrogen-bond acceptors (Lipinski definition) is 5. The van der Waals surface area contributed by atoms with E-state index >= 15 is 0 Å². The van der Waals surface area contributed by atoms with Gasteiger partial charge in [-0.2, -0.15) is 0 Å². The second-order valence-corrected chi connectivity index (χ2v) is 9.66. The number of aryl methyl sites for hydroxylation is 1. The summed E-state index contributed by atoms with van der Waals surface area (Å²) in [6.45, 7) is 0.460. The number of fused-ring (bicyclic) bond motifs is 1. The molecule has 0 radical (unpaired) electrons. The van der Waals surface area contributed by atoms with E-state index in [4.69, 9.17) is 16.3 Å². The Labute approximate surface area is 220 Å². The Morgan fingerprint density at radius 3 is 2.68 bits per heavy atom. The molecule has 7 heteroatoms. The number of nitrogens with zero attached hydrogens (tertiary/aromatic N) is 1. The van der Waals surface area contributed by atoms with Crippen molar-refractivity contribution in [3.63, 3.8) is 0 Å². The van der Waals surface area contributed by atoms with Crippen LogP contribution in [0.25, 0.3) is 11.1 Å². The first-order chi connectivity index (χ1) is 17.9. The van der Waals surface area contributed by atoms with Gasteiger partial charge in [0, 0.05) is 35.4 Å². The van der Waals surface area contributed by atoms with E-state index in [2.05, 4.69) is 22.4 Å². The number of hydrogen-bond donors (Lipinski definition) is 3. The van der Waals surface area contributed by atoms with Gasteiger partial charge in [-0.15, -0.1) is 0 Å². The van der Waals surface area contributed by atoms with Gasteiger partial charge in [0.1, 0.15) is 5.75 Å². The van der Waals surface area contributed by atoms with Gasteiger partial charge in [0.05, 0.1) is 11.7 Å². The summed E-state index contributed by atoms with van der Waals surface area (Å²) in [5.41, 5.74) is 5.17. The Morgan fingerprint density at radius 1 is 1.03 bits per heavy atom. The fourth-order valence-electron chi connectivity index (χ4n) is 4.65. The molecule has 5 rings (SSSR count). The van der Waals surface area contributed by atoms with Crippen molar-refractivity contribution in [1.82, 2.24) is 10.3 Å². The summed E-state index contributed by atoms with van der Waals surface area (Å²) in [6, 6.07) is 24.1. The number of ether oxygens (including phenoxy) is 1. The van der Waals surface area contributed by atoms with Crippen molar-refractivity contribution < 1.29 is 19.7 Å². The number of aliphatic hydroxyl groups is 1. The lowest BCUT2D eigenvalue weighted by Gasteiger charge is -2.27. The van der Waals surface area contributed by atoms with Crippen molar-refractivity contribution in [1.29, 1.82) is 0 Å². The van der Waals surface area contributed by atoms with E-state index in [1.54, 1.807) is 42.6 Å². The summed E-state index contributed by atoms with van der Waals surface area (Å²) in [5.74, 6) is 0.219. The number of rotatable bonds is 8. The van der Waals surface area contributed by atoms with Gasteiger partial charge in [-0.1, -0.05) is 41.9 Å². The SMILES string of the molecule is O=C(O)c1cccc(-c2ccc(Oc3ccc4c(c3)C[C@@H](NC[C@H](O)c3cccc(Cl)c3)CC4)nc2)c1. The van der Waals surface area contributed by atoms with Crippen molar-refractivity contribution in [3.05, 3.63) is 112 Å². The molecular weight excluding hydrogens is 488 g/mol. The predicted molar refractivity (Wildman–Crippen MR) is 143 cm³/mol. The van der Waals surface area contributed by atoms with Crippen molar-refractivity contribution in [2.24, 2.45) is 0 Å². The Kier molecular flexibility index (Phi) is 7.51. The van der Waals surface area contributed by atoms with Crippen LogP contribution in [0.1, 0.15) is 39.6 Å². The number of pyridine rings is 1. The highest BCUT2D eigenvalue weighted by atomic mass is 35.5. The molecule has 1 heterocycles. The summed E-state index contributed by atoms with van der Waals surface area (Å²) in [4.78, 5) is 15.7. The fourth-order valence-corrected chi connectivity index (χ4v) is 4.84.